The number of carbonyl (C=O) groups excluding carboxylic acids is 1. The minimum atomic E-state index is -1.54. The summed E-state index contributed by atoms with van der Waals surface area (Å²) in [6.07, 6.45) is 2.51. The average Bonchev–Trinajstić information content (AvgIpc) is 2.47. The first-order valence-corrected chi connectivity index (χ1v) is 6.82. The molecule has 0 saturated carbocycles. The number of β-amino-alcohol motifs (C(OH)–C–C–N with tert-alkyl or cyclic N) is 1. The molecule has 1 aromatic heterocycles. The minimum Gasteiger partial charge on any atom is -0.378 e. The van der Waals surface area contributed by atoms with Crippen LogP contribution in [0.5, 0.6) is 0 Å². The third-order valence-corrected chi connectivity index (χ3v) is 3.97. The number of piperidine rings is 1. The monoisotopic (exact) mass is 289 g/mol. The number of aromatic nitrogens is 1. The summed E-state index contributed by atoms with van der Waals surface area (Å²) in [6, 6.07) is 6.51. The lowest BCUT2D eigenvalue weighted by molar-refractivity contribution is -0.137. The fraction of sp³-hybridized carbons (Fsp3) is 0.333. The number of fused-ring (bicyclic) bond motifs is 1. The Morgan fingerprint density at radius 2 is 2.24 bits per heavy atom. The van der Waals surface area contributed by atoms with E-state index in [1.54, 1.807) is 18.2 Å². The number of aliphatic hydroxyl groups is 1. The molecule has 1 aliphatic rings. The second-order valence-corrected chi connectivity index (χ2v) is 5.39. The van der Waals surface area contributed by atoms with E-state index in [2.05, 4.69) is 4.98 Å². The van der Waals surface area contributed by atoms with E-state index in [0.717, 1.165) is 5.69 Å². The molecule has 2 heterocycles. The van der Waals surface area contributed by atoms with Crippen LogP contribution < -0.4 is 10.6 Å². The summed E-state index contributed by atoms with van der Waals surface area (Å²) in [6.45, 7) is 0.781. The smallest absolute Gasteiger partial charge is 0.251 e. The summed E-state index contributed by atoms with van der Waals surface area (Å²) in [5, 5.41) is 11.0. The molecular weight excluding hydrogens is 273 g/mol. The Bertz CT molecular complexity index is 706. The molecule has 1 amide bonds. The van der Waals surface area contributed by atoms with Gasteiger partial charge in [0.05, 0.1) is 6.54 Å². The summed E-state index contributed by atoms with van der Waals surface area (Å²) in [5.41, 5.74) is 4.78. The Balaban J connectivity index is 2.05. The van der Waals surface area contributed by atoms with Crippen LogP contribution in [0.4, 0.5) is 10.1 Å². The zero-order valence-corrected chi connectivity index (χ0v) is 11.4. The molecule has 110 valence electrons. The molecule has 1 aliphatic heterocycles. The molecule has 0 spiro atoms. The highest BCUT2D eigenvalue weighted by molar-refractivity contribution is 5.92. The number of anilines is 1. The standard InChI is InChI=1S/C15H16FN3O2/c16-11-4-1-3-10-12(5-7-18-13(10)11)19-8-2-6-15(21,9-19)14(17)20/h1,3-5,7,21H,2,6,8-9H2,(H2,17,20)/t15-/m1/s1. The van der Waals surface area contributed by atoms with Gasteiger partial charge in [0.2, 0.25) is 0 Å². The minimum absolute atomic E-state index is 0.109. The van der Waals surface area contributed by atoms with Crippen LogP contribution in [0, 0.1) is 5.82 Å². The van der Waals surface area contributed by atoms with Crippen molar-refractivity contribution in [2.45, 2.75) is 18.4 Å². The number of halogens is 1. The van der Waals surface area contributed by atoms with Crippen molar-refractivity contribution in [2.24, 2.45) is 5.73 Å². The van der Waals surface area contributed by atoms with Crippen LogP contribution in [-0.2, 0) is 4.79 Å². The maximum atomic E-state index is 13.8. The Kier molecular flexibility index (Phi) is 3.25. The van der Waals surface area contributed by atoms with E-state index in [-0.39, 0.29) is 12.1 Å². The van der Waals surface area contributed by atoms with Crippen molar-refractivity contribution in [3.8, 4) is 0 Å². The lowest BCUT2D eigenvalue weighted by Gasteiger charge is -2.38. The number of benzene rings is 1. The third-order valence-electron chi connectivity index (χ3n) is 3.97. The Morgan fingerprint density at radius 3 is 3.00 bits per heavy atom. The summed E-state index contributed by atoms with van der Waals surface area (Å²) < 4.78 is 13.8. The number of hydrogen-bond donors (Lipinski definition) is 2. The molecule has 1 fully saturated rings. The topological polar surface area (TPSA) is 79.5 Å². The Morgan fingerprint density at radius 1 is 1.43 bits per heavy atom. The molecule has 0 aliphatic carbocycles. The molecule has 3 rings (SSSR count). The zero-order valence-electron chi connectivity index (χ0n) is 11.4. The van der Waals surface area contributed by atoms with Gasteiger partial charge >= 0.3 is 0 Å². The largest absolute Gasteiger partial charge is 0.378 e. The van der Waals surface area contributed by atoms with E-state index < -0.39 is 17.3 Å². The molecule has 3 N–H and O–H groups in total. The maximum absolute atomic E-state index is 13.8. The van der Waals surface area contributed by atoms with Crippen LogP contribution in [0.3, 0.4) is 0 Å². The second-order valence-electron chi connectivity index (χ2n) is 5.39. The number of carbonyl (C=O) groups is 1. The first-order chi connectivity index (χ1) is 10.0. The maximum Gasteiger partial charge on any atom is 0.251 e. The molecule has 2 aromatic rings. The van der Waals surface area contributed by atoms with E-state index in [1.165, 1.54) is 12.3 Å². The van der Waals surface area contributed by atoms with Gasteiger partial charge in [-0.15, -0.1) is 0 Å². The van der Waals surface area contributed by atoms with E-state index in [9.17, 15) is 14.3 Å². The summed E-state index contributed by atoms with van der Waals surface area (Å²) >= 11 is 0. The van der Waals surface area contributed by atoms with Crippen molar-refractivity contribution < 1.29 is 14.3 Å². The highest BCUT2D eigenvalue weighted by Crippen LogP contribution is 2.31. The fourth-order valence-corrected chi connectivity index (χ4v) is 2.84. The van der Waals surface area contributed by atoms with Crippen LogP contribution in [0.2, 0.25) is 0 Å². The van der Waals surface area contributed by atoms with E-state index >= 15 is 0 Å². The van der Waals surface area contributed by atoms with Gasteiger partial charge in [-0.05, 0) is 25.0 Å². The van der Waals surface area contributed by atoms with E-state index in [4.69, 9.17) is 5.73 Å². The van der Waals surface area contributed by atoms with Crippen molar-refractivity contribution in [1.29, 1.82) is 0 Å². The number of nitrogens with zero attached hydrogens (tertiary/aromatic N) is 2. The number of rotatable bonds is 2. The molecule has 1 atom stereocenters. The van der Waals surface area contributed by atoms with Gasteiger partial charge in [0.15, 0.2) is 5.60 Å². The van der Waals surface area contributed by atoms with Crippen molar-refractivity contribution >= 4 is 22.5 Å². The van der Waals surface area contributed by atoms with Gasteiger partial charge in [0, 0.05) is 23.8 Å². The predicted molar refractivity (Wildman–Crippen MR) is 77.3 cm³/mol. The molecule has 1 aromatic carbocycles. The second kappa shape index (κ2) is 4.96. The van der Waals surface area contributed by atoms with Crippen molar-refractivity contribution in [1.82, 2.24) is 4.98 Å². The van der Waals surface area contributed by atoms with Crippen LogP contribution in [0.25, 0.3) is 10.9 Å². The quantitative estimate of drug-likeness (QED) is 0.870. The molecule has 1 saturated heterocycles. The summed E-state index contributed by atoms with van der Waals surface area (Å²) in [4.78, 5) is 17.4. The number of nitrogens with two attached hydrogens (primary N) is 1. The number of para-hydroxylation sites is 1. The van der Waals surface area contributed by atoms with Gasteiger partial charge < -0.3 is 15.7 Å². The normalized spacial score (nSPS) is 22.5. The molecule has 21 heavy (non-hydrogen) atoms. The number of pyridine rings is 1. The van der Waals surface area contributed by atoms with Crippen LogP contribution >= 0.6 is 0 Å². The van der Waals surface area contributed by atoms with Crippen molar-refractivity contribution in [2.75, 3.05) is 18.0 Å². The summed E-state index contributed by atoms with van der Waals surface area (Å²) in [7, 11) is 0. The molecule has 0 unspecified atom stereocenters. The highest BCUT2D eigenvalue weighted by Gasteiger charge is 2.39. The van der Waals surface area contributed by atoms with Gasteiger partial charge in [-0.1, -0.05) is 12.1 Å². The number of hydrogen-bond acceptors (Lipinski definition) is 4. The van der Waals surface area contributed by atoms with Crippen molar-refractivity contribution in [3.05, 3.63) is 36.3 Å². The predicted octanol–water partition coefficient (Wildman–Crippen LogP) is 1.19. The Labute approximate surface area is 121 Å². The van der Waals surface area contributed by atoms with Gasteiger partial charge in [0.25, 0.3) is 5.91 Å². The lowest BCUT2D eigenvalue weighted by Crippen LogP contribution is -2.56. The first-order valence-electron chi connectivity index (χ1n) is 6.82. The van der Waals surface area contributed by atoms with Crippen LogP contribution in [0.15, 0.2) is 30.5 Å². The van der Waals surface area contributed by atoms with Crippen LogP contribution in [-0.4, -0.2) is 34.7 Å². The molecule has 5 nitrogen and oxygen atoms in total. The van der Waals surface area contributed by atoms with Gasteiger partial charge in [-0.2, -0.15) is 0 Å². The summed E-state index contributed by atoms with van der Waals surface area (Å²) in [5.74, 6) is -1.12. The number of amides is 1. The number of primary amides is 1. The molecular formula is C15H16FN3O2. The zero-order chi connectivity index (χ0) is 15.0. The van der Waals surface area contributed by atoms with Crippen LogP contribution in [0.1, 0.15) is 12.8 Å². The SMILES string of the molecule is NC(=O)[C@@]1(O)CCCN(c2ccnc3c(F)cccc23)C1. The lowest BCUT2D eigenvalue weighted by atomic mass is 9.91. The van der Waals surface area contributed by atoms with Gasteiger partial charge in [-0.25, -0.2) is 4.39 Å². The highest BCUT2D eigenvalue weighted by atomic mass is 19.1. The fourth-order valence-electron chi connectivity index (χ4n) is 2.84. The van der Waals surface area contributed by atoms with Gasteiger partial charge in [-0.3, -0.25) is 9.78 Å². The Hall–Kier alpha value is -2.21. The molecule has 6 heteroatoms. The third kappa shape index (κ3) is 2.31. The van der Waals surface area contributed by atoms with Gasteiger partial charge in [0.1, 0.15) is 11.3 Å². The van der Waals surface area contributed by atoms with E-state index in [0.29, 0.717) is 24.8 Å². The van der Waals surface area contributed by atoms with E-state index in [1.807, 2.05) is 4.90 Å². The first kappa shape index (κ1) is 13.8. The molecule has 0 radical (unpaired) electrons. The average molecular weight is 289 g/mol. The van der Waals surface area contributed by atoms with Crippen molar-refractivity contribution in [3.63, 3.8) is 0 Å². The molecule has 0 bridgehead atoms.